The largest absolute Gasteiger partial charge is 0.208 e. The Labute approximate surface area is 313 Å². The standard InChI is InChI=1S/C51H33N3/c1-3-12-34(13-4-1)36-22-24-38(25-23-36)40-16-11-17-41(32-40)50-52-49(39-28-26-37(27-29-39)35-14-5-2-6-15-35)53-51(54-50)42-30-31-47-45-20-8-7-18-43(45)44-19-9-10-21-46(44)48(47)33-42/h1-33H. The van der Waals surface area contributed by atoms with Gasteiger partial charge in [0.2, 0.25) is 0 Å². The summed E-state index contributed by atoms with van der Waals surface area (Å²) in [6.45, 7) is 0. The van der Waals surface area contributed by atoms with E-state index in [1.165, 1.54) is 49.0 Å². The molecular formula is C51H33N3. The maximum atomic E-state index is 5.18. The number of hydrogen-bond acceptors (Lipinski definition) is 3. The Kier molecular flexibility index (Phi) is 7.81. The Balaban J connectivity index is 1.11. The minimum Gasteiger partial charge on any atom is -0.208 e. The SMILES string of the molecule is c1ccc(-c2ccc(-c3cccc(-c4nc(-c5ccc(-c6ccccc6)cc5)nc(-c5ccc6c7ccccc7c7ccccc7c6c5)n4)c3)cc2)cc1. The van der Waals surface area contributed by atoms with Crippen LogP contribution in [0.3, 0.4) is 0 Å². The zero-order chi connectivity index (χ0) is 35.8. The molecule has 1 heterocycles. The van der Waals surface area contributed by atoms with Crippen molar-refractivity contribution in [2.24, 2.45) is 0 Å². The molecule has 3 heteroatoms. The van der Waals surface area contributed by atoms with Crippen LogP contribution in [0.25, 0.3) is 99.9 Å². The summed E-state index contributed by atoms with van der Waals surface area (Å²) in [6, 6.07) is 70.5. The second-order valence-electron chi connectivity index (χ2n) is 13.6. The third-order valence-electron chi connectivity index (χ3n) is 10.3. The molecule has 0 aliphatic rings. The predicted molar refractivity (Wildman–Crippen MR) is 225 cm³/mol. The number of nitrogens with zero attached hydrogens (tertiary/aromatic N) is 3. The second kappa shape index (κ2) is 13.4. The summed E-state index contributed by atoms with van der Waals surface area (Å²) in [6.07, 6.45) is 0. The van der Waals surface area contributed by atoms with Gasteiger partial charge < -0.3 is 0 Å². The van der Waals surface area contributed by atoms with Crippen molar-refractivity contribution in [2.45, 2.75) is 0 Å². The highest BCUT2D eigenvalue weighted by molar-refractivity contribution is 6.25. The Hall–Kier alpha value is -7.23. The molecule has 10 aromatic rings. The molecule has 10 rings (SSSR count). The van der Waals surface area contributed by atoms with Gasteiger partial charge in [-0.25, -0.2) is 15.0 Å². The quantitative estimate of drug-likeness (QED) is 0.163. The maximum absolute atomic E-state index is 5.18. The predicted octanol–water partition coefficient (Wildman–Crippen LogP) is 13.3. The Morgan fingerprint density at radius 1 is 0.185 bits per heavy atom. The Morgan fingerprint density at radius 2 is 0.500 bits per heavy atom. The van der Waals surface area contributed by atoms with Crippen LogP contribution in [-0.2, 0) is 0 Å². The smallest absolute Gasteiger partial charge is 0.164 e. The number of aromatic nitrogens is 3. The molecule has 0 atom stereocenters. The molecule has 252 valence electrons. The van der Waals surface area contributed by atoms with E-state index in [1.807, 2.05) is 12.1 Å². The Morgan fingerprint density at radius 3 is 1.02 bits per heavy atom. The zero-order valence-electron chi connectivity index (χ0n) is 29.4. The van der Waals surface area contributed by atoms with Crippen LogP contribution >= 0.6 is 0 Å². The highest BCUT2D eigenvalue weighted by Gasteiger charge is 2.16. The van der Waals surface area contributed by atoms with Gasteiger partial charge in [0.05, 0.1) is 0 Å². The summed E-state index contributed by atoms with van der Waals surface area (Å²) < 4.78 is 0. The second-order valence-corrected chi connectivity index (χ2v) is 13.6. The van der Waals surface area contributed by atoms with Crippen molar-refractivity contribution in [3.63, 3.8) is 0 Å². The minimum absolute atomic E-state index is 0.633. The van der Waals surface area contributed by atoms with E-state index >= 15 is 0 Å². The van der Waals surface area contributed by atoms with E-state index in [2.05, 4.69) is 188 Å². The number of fused-ring (bicyclic) bond motifs is 6. The van der Waals surface area contributed by atoms with Gasteiger partial charge in [-0.15, -0.1) is 0 Å². The number of rotatable bonds is 6. The van der Waals surface area contributed by atoms with Gasteiger partial charge in [0, 0.05) is 16.7 Å². The molecule has 1 aromatic heterocycles. The van der Waals surface area contributed by atoms with E-state index < -0.39 is 0 Å². The van der Waals surface area contributed by atoms with Crippen LogP contribution in [0, 0.1) is 0 Å². The third kappa shape index (κ3) is 5.78. The molecule has 0 spiro atoms. The first-order valence-electron chi connectivity index (χ1n) is 18.3. The fraction of sp³-hybridized carbons (Fsp3) is 0. The highest BCUT2D eigenvalue weighted by atomic mass is 15.0. The molecule has 0 radical (unpaired) electrons. The first-order chi connectivity index (χ1) is 26.7. The van der Waals surface area contributed by atoms with Crippen LogP contribution in [-0.4, -0.2) is 15.0 Å². The topological polar surface area (TPSA) is 38.7 Å². The van der Waals surface area contributed by atoms with Gasteiger partial charge in [0.25, 0.3) is 0 Å². The molecule has 0 fully saturated rings. The molecule has 0 saturated carbocycles. The first kappa shape index (κ1) is 31.5. The van der Waals surface area contributed by atoms with E-state index in [9.17, 15) is 0 Å². The molecule has 0 bridgehead atoms. The molecular weight excluding hydrogens is 655 g/mol. The molecule has 9 aromatic carbocycles. The van der Waals surface area contributed by atoms with E-state index in [-0.39, 0.29) is 0 Å². The van der Waals surface area contributed by atoms with Crippen molar-refractivity contribution < 1.29 is 0 Å². The molecule has 0 aliphatic carbocycles. The normalized spacial score (nSPS) is 11.3. The first-order valence-corrected chi connectivity index (χ1v) is 18.3. The van der Waals surface area contributed by atoms with Crippen LogP contribution in [0.4, 0.5) is 0 Å². The van der Waals surface area contributed by atoms with Gasteiger partial charge >= 0.3 is 0 Å². The number of hydrogen-bond donors (Lipinski definition) is 0. The van der Waals surface area contributed by atoms with Gasteiger partial charge in [0.1, 0.15) is 0 Å². The van der Waals surface area contributed by atoms with Gasteiger partial charge in [-0.2, -0.15) is 0 Å². The lowest BCUT2D eigenvalue weighted by Gasteiger charge is -2.13. The molecule has 0 aliphatic heterocycles. The molecule has 0 unspecified atom stereocenters. The van der Waals surface area contributed by atoms with Crippen molar-refractivity contribution in [1.29, 1.82) is 0 Å². The minimum atomic E-state index is 0.633. The monoisotopic (exact) mass is 687 g/mol. The van der Waals surface area contributed by atoms with Gasteiger partial charge in [-0.3, -0.25) is 0 Å². The summed E-state index contributed by atoms with van der Waals surface area (Å²) in [5.74, 6) is 1.91. The lowest BCUT2D eigenvalue weighted by molar-refractivity contribution is 1.07. The summed E-state index contributed by atoms with van der Waals surface area (Å²) in [5, 5.41) is 7.34. The van der Waals surface area contributed by atoms with Gasteiger partial charge in [0.15, 0.2) is 17.5 Å². The lowest BCUT2D eigenvalue weighted by Crippen LogP contribution is -2.00. The summed E-state index contributed by atoms with van der Waals surface area (Å²) in [5.41, 5.74) is 9.77. The zero-order valence-corrected chi connectivity index (χ0v) is 29.4. The lowest BCUT2D eigenvalue weighted by atomic mass is 9.93. The van der Waals surface area contributed by atoms with Crippen molar-refractivity contribution in [1.82, 2.24) is 15.0 Å². The Bertz CT molecular complexity index is 2920. The van der Waals surface area contributed by atoms with Crippen molar-refractivity contribution in [3.05, 3.63) is 200 Å². The molecule has 0 N–H and O–H groups in total. The highest BCUT2D eigenvalue weighted by Crippen LogP contribution is 2.37. The third-order valence-corrected chi connectivity index (χ3v) is 10.3. The van der Waals surface area contributed by atoms with E-state index in [1.54, 1.807) is 0 Å². The summed E-state index contributed by atoms with van der Waals surface area (Å²) in [7, 11) is 0. The van der Waals surface area contributed by atoms with Crippen LogP contribution < -0.4 is 0 Å². The van der Waals surface area contributed by atoms with Crippen LogP contribution in [0.15, 0.2) is 200 Å². The average molecular weight is 688 g/mol. The van der Waals surface area contributed by atoms with Gasteiger partial charge in [-0.1, -0.05) is 188 Å². The van der Waals surface area contributed by atoms with Crippen molar-refractivity contribution in [2.75, 3.05) is 0 Å². The average Bonchev–Trinajstić information content (AvgIpc) is 3.27. The fourth-order valence-electron chi connectivity index (χ4n) is 7.58. The van der Waals surface area contributed by atoms with Crippen molar-refractivity contribution >= 4 is 32.3 Å². The number of benzene rings is 9. The fourth-order valence-corrected chi connectivity index (χ4v) is 7.58. The van der Waals surface area contributed by atoms with E-state index in [0.29, 0.717) is 17.5 Å². The summed E-state index contributed by atoms with van der Waals surface area (Å²) >= 11 is 0. The van der Waals surface area contributed by atoms with Crippen LogP contribution in [0.5, 0.6) is 0 Å². The van der Waals surface area contributed by atoms with E-state index in [0.717, 1.165) is 33.4 Å². The molecule has 54 heavy (non-hydrogen) atoms. The van der Waals surface area contributed by atoms with Crippen molar-refractivity contribution in [3.8, 4) is 67.5 Å². The maximum Gasteiger partial charge on any atom is 0.164 e. The summed E-state index contributed by atoms with van der Waals surface area (Å²) in [4.78, 5) is 15.4. The molecule has 3 nitrogen and oxygen atoms in total. The van der Waals surface area contributed by atoms with Crippen LogP contribution in [0.1, 0.15) is 0 Å². The molecule has 0 saturated heterocycles. The van der Waals surface area contributed by atoms with E-state index in [4.69, 9.17) is 15.0 Å². The van der Waals surface area contributed by atoms with Gasteiger partial charge in [-0.05, 0) is 77.8 Å². The molecule has 0 amide bonds. The van der Waals surface area contributed by atoms with Crippen LogP contribution in [0.2, 0.25) is 0 Å².